The number of aryl methyl sites for hydroxylation is 1. The minimum atomic E-state index is -4.92. The largest absolute Gasteiger partial charge is 0.503 e. The zero-order valence-corrected chi connectivity index (χ0v) is 27.8. The Bertz CT molecular complexity index is 1810. The summed E-state index contributed by atoms with van der Waals surface area (Å²) in [6.07, 6.45) is -2.37. The molecule has 0 bridgehead atoms. The number of ether oxygens (including phenoxy) is 1. The van der Waals surface area contributed by atoms with Crippen LogP contribution < -0.4 is 5.43 Å². The van der Waals surface area contributed by atoms with E-state index in [1.807, 2.05) is 0 Å². The second-order valence-electron chi connectivity index (χ2n) is 9.74. The van der Waals surface area contributed by atoms with Gasteiger partial charge in [0, 0.05) is 25.2 Å². The van der Waals surface area contributed by atoms with Gasteiger partial charge in [0.25, 0.3) is 30.4 Å². The number of hydrogen-bond donors (Lipinski definition) is 5. The van der Waals surface area contributed by atoms with Gasteiger partial charge in [0.05, 0.1) is 60.9 Å². The molecule has 0 radical (unpaired) electrons. The molecule has 0 saturated carbocycles. The second kappa shape index (κ2) is 16.8. The average molecular weight is 743 g/mol. The van der Waals surface area contributed by atoms with Crippen molar-refractivity contribution in [2.75, 3.05) is 51.6 Å². The van der Waals surface area contributed by atoms with Gasteiger partial charge in [-0.2, -0.15) is 43.5 Å². The Labute approximate surface area is 267 Å². The fourth-order valence-corrected chi connectivity index (χ4v) is 3.90. The van der Waals surface area contributed by atoms with Crippen LogP contribution in [-0.4, -0.2) is 115 Å². The highest BCUT2D eigenvalue weighted by atomic mass is 32.2. The molecule has 4 rings (SSSR count). The molecule has 1 aromatic carbocycles. The molecule has 268 valence electrons. The molecule has 3 heterocycles. The molecule has 2 aromatic heterocycles. The van der Waals surface area contributed by atoms with Crippen LogP contribution in [0.3, 0.4) is 0 Å². The normalized spacial score (nSPS) is 14.3. The fraction of sp³-hybridized carbons (Fsp3) is 0.500. The van der Waals surface area contributed by atoms with Crippen LogP contribution in [0.25, 0.3) is 22.3 Å². The van der Waals surface area contributed by atoms with E-state index in [4.69, 9.17) is 18.4 Å². The maximum atomic E-state index is 14.7. The minimum Gasteiger partial charge on any atom is -0.503 e. The summed E-state index contributed by atoms with van der Waals surface area (Å²) in [7, 11) is -11.0. The van der Waals surface area contributed by atoms with Gasteiger partial charge in [0.15, 0.2) is 5.75 Å². The molecule has 3 aromatic rings. The summed E-state index contributed by atoms with van der Waals surface area (Å²) in [4.78, 5) is 17.9. The molecule has 1 aliphatic rings. The maximum Gasteiger partial charge on any atom is 0.419 e. The van der Waals surface area contributed by atoms with Crippen molar-refractivity contribution in [2.45, 2.75) is 26.1 Å². The number of halogens is 4. The number of nitrogens with zero attached hydrogens (tertiary/aromatic N) is 3. The Kier molecular flexibility index (Phi) is 14.9. The summed E-state index contributed by atoms with van der Waals surface area (Å²) in [5.74, 6) is -2.42. The Balaban J connectivity index is 0.000000615. The zero-order valence-electron chi connectivity index (χ0n) is 25.3. The van der Waals surface area contributed by atoms with E-state index in [0.29, 0.717) is 63.3 Å². The highest BCUT2D eigenvalue weighted by Crippen LogP contribution is 2.37. The number of benzene rings is 1. The lowest BCUT2D eigenvalue weighted by Crippen LogP contribution is -2.38. The van der Waals surface area contributed by atoms with E-state index in [0.717, 1.165) is 25.2 Å². The minimum absolute atomic E-state index is 0.142. The number of aromatic hydroxyl groups is 1. The van der Waals surface area contributed by atoms with Gasteiger partial charge in [-0.25, -0.2) is 9.07 Å². The Morgan fingerprint density at radius 1 is 0.936 bits per heavy atom. The van der Waals surface area contributed by atoms with Crippen molar-refractivity contribution in [3.63, 3.8) is 0 Å². The SMILES string of the molecule is CCc1nn(CCN2CCOCC2)c2[nH]c(-c3cccc(C(F)(F)F)c3F)c(O)c(=O)c12.CS(=O)(=O)O.CS(=O)(=O)O.CS(=O)(=O)O. The molecule has 16 nitrogen and oxygen atoms in total. The number of hydrogen-bond acceptors (Lipinski definition) is 11. The molecule has 0 unspecified atom stereocenters. The van der Waals surface area contributed by atoms with Crippen LogP contribution in [0, 0.1) is 5.82 Å². The number of alkyl halides is 3. The van der Waals surface area contributed by atoms with Crippen LogP contribution in [0.1, 0.15) is 18.2 Å². The van der Waals surface area contributed by atoms with Crippen LogP contribution >= 0.6 is 0 Å². The molecule has 0 aliphatic carbocycles. The van der Waals surface area contributed by atoms with Crippen molar-refractivity contribution in [3.05, 3.63) is 45.5 Å². The van der Waals surface area contributed by atoms with Crippen LogP contribution in [0.2, 0.25) is 0 Å². The molecule has 0 atom stereocenters. The Morgan fingerprint density at radius 2 is 1.43 bits per heavy atom. The van der Waals surface area contributed by atoms with E-state index >= 15 is 0 Å². The molecule has 1 saturated heterocycles. The van der Waals surface area contributed by atoms with Crippen molar-refractivity contribution >= 4 is 41.4 Å². The Morgan fingerprint density at radius 3 is 1.87 bits per heavy atom. The van der Waals surface area contributed by atoms with Gasteiger partial charge in [0.1, 0.15) is 11.5 Å². The quantitative estimate of drug-likeness (QED) is 0.184. The van der Waals surface area contributed by atoms with Crippen LogP contribution in [0.15, 0.2) is 23.0 Å². The first kappa shape index (κ1) is 41.8. The van der Waals surface area contributed by atoms with Crippen LogP contribution in [-0.2, 0) is 54.2 Å². The topological polar surface area (TPSA) is 246 Å². The number of rotatable bonds is 5. The van der Waals surface area contributed by atoms with Gasteiger partial charge in [0.2, 0.25) is 5.43 Å². The first-order chi connectivity index (χ1) is 21.2. The number of pyridine rings is 1. The van der Waals surface area contributed by atoms with Crippen molar-refractivity contribution < 1.29 is 66.3 Å². The molecule has 5 N–H and O–H groups in total. The third-order valence-electron chi connectivity index (χ3n) is 5.59. The van der Waals surface area contributed by atoms with Gasteiger partial charge in [-0.3, -0.25) is 23.4 Å². The number of morpholine rings is 1. The van der Waals surface area contributed by atoms with E-state index in [9.17, 15) is 52.7 Å². The summed E-state index contributed by atoms with van der Waals surface area (Å²) >= 11 is 0. The van der Waals surface area contributed by atoms with Crippen LogP contribution in [0.5, 0.6) is 5.75 Å². The van der Waals surface area contributed by atoms with Crippen molar-refractivity contribution in [3.8, 4) is 17.0 Å². The molecule has 47 heavy (non-hydrogen) atoms. The van der Waals surface area contributed by atoms with Crippen LogP contribution in [0.4, 0.5) is 17.6 Å². The molecule has 23 heteroatoms. The summed E-state index contributed by atoms with van der Waals surface area (Å²) in [6, 6.07) is 2.71. The first-order valence-corrected chi connectivity index (χ1v) is 18.5. The second-order valence-corrected chi connectivity index (χ2v) is 14.1. The highest BCUT2D eigenvalue weighted by Gasteiger charge is 2.35. The van der Waals surface area contributed by atoms with Gasteiger partial charge in [-0.15, -0.1) is 0 Å². The van der Waals surface area contributed by atoms with E-state index in [2.05, 4.69) is 15.0 Å². The third-order valence-corrected chi connectivity index (χ3v) is 5.59. The summed E-state index contributed by atoms with van der Waals surface area (Å²) in [5, 5.41) is 15.1. The highest BCUT2D eigenvalue weighted by molar-refractivity contribution is 7.85. The summed E-state index contributed by atoms with van der Waals surface area (Å²) in [6.45, 7) is 5.52. The van der Waals surface area contributed by atoms with E-state index < -0.39 is 70.3 Å². The smallest absolute Gasteiger partial charge is 0.419 e. The lowest BCUT2D eigenvalue weighted by atomic mass is 10.0. The van der Waals surface area contributed by atoms with E-state index in [1.54, 1.807) is 11.6 Å². The average Bonchev–Trinajstić information content (AvgIpc) is 3.24. The number of nitrogens with one attached hydrogen (secondary N) is 1. The maximum absolute atomic E-state index is 14.7. The number of aromatic nitrogens is 3. The molecular weight excluding hydrogens is 708 g/mol. The molecule has 0 amide bonds. The van der Waals surface area contributed by atoms with Gasteiger partial charge >= 0.3 is 6.18 Å². The zero-order chi connectivity index (χ0) is 36.5. The van der Waals surface area contributed by atoms with Gasteiger partial charge < -0.3 is 14.8 Å². The van der Waals surface area contributed by atoms with Gasteiger partial charge in [-0.05, 0) is 18.6 Å². The number of fused-ring (bicyclic) bond motifs is 1. The molecule has 1 fully saturated rings. The van der Waals surface area contributed by atoms with Crippen molar-refractivity contribution in [2.24, 2.45) is 0 Å². The first-order valence-electron chi connectivity index (χ1n) is 13.0. The third kappa shape index (κ3) is 15.5. The predicted octanol–water partition coefficient (Wildman–Crippen LogP) is 1.66. The lowest BCUT2D eigenvalue weighted by molar-refractivity contribution is -0.139. The van der Waals surface area contributed by atoms with Crippen molar-refractivity contribution in [1.29, 1.82) is 0 Å². The predicted molar refractivity (Wildman–Crippen MR) is 161 cm³/mol. The van der Waals surface area contributed by atoms with Crippen molar-refractivity contribution in [1.82, 2.24) is 19.7 Å². The number of aromatic amines is 1. The summed E-state index contributed by atoms with van der Waals surface area (Å²) in [5.41, 5.74) is -2.58. The monoisotopic (exact) mass is 742 g/mol. The molecular formula is C24H34F4N4O12S3. The van der Waals surface area contributed by atoms with Gasteiger partial charge in [-0.1, -0.05) is 13.0 Å². The Hall–Kier alpha value is -3.19. The fourth-order valence-electron chi connectivity index (χ4n) is 3.90. The number of H-pyrrole nitrogens is 1. The van der Waals surface area contributed by atoms with E-state index in [1.165, 1.54) is 0 Å². The standard InChI is InChI=1S/C21H22F4N4O3.3CH4O3S/c1-2-14-15-18(30)19(31)17(12-4-3-5-13(16(12)22)21(23,24)25)26-20(15)29(27-14)7-6-28-8-10-32-11-9-28;3*1-5(2,3)4/h3-5,31H,2,6-11H2,1H3,(H,26,30);3*1H3,(H,2,3,4). The lowest BCUT2D eigenvalue weighted by Gasteiger charge is -2.26. The van der Waals surface area contributed by atoms with E-state index in [-0.39, 0.29) is 11.0 Å². The summed E-state index contributed by atoms with van der Waals surface area (Å²) < 4.78 is 139. The molecule has 1 aliphatic heterocycles. The molecule has 0 spiro atoms.